The molecule has 342 valence electrons. The topological polar surface area (TPSA) is 74.3 Å². The molecule has 2 aliphatic rings. The highest BCUT2D eigenvalue weighted by molar-refractivity contribution is 6.40. The third-order valence-electron chi connectivity index (χ3n) is 13.7. The minimum atomic E-state index is -0.717. The first-order valence-corrected chi connectivity index (χ1v) is 23.8. The molecule has 0 atom stereocenters. The van der Waals surface area contributed by atoms with Gasteiger partial charge in [-0.15, -0.1) is 0 Å². The Morgan fingerprint density at radius 2 is 0.955 bits per heavy atom. The van der Waals surface area contributed by atoms with Crippen LogP contribution in [0.5, 0.6) is 34.5 Å². The zero-order valence-electron chi connectivity index (χ0n) is 40.6. The maximum Gasteiger partial charge on any atom is 0.346 e. The molecule has 0 N–H and O–H groups in total. The van der Waals surface area contributed by atoms with Crippen LogP contribution in [-0.2, 0) is 15.6 Å². The fourth-order valence-electron chi connectivity index (χ4n) is 11.6. The smallest absolute Gasteiger partial charge is 0.346 e. The number of hydrogen-bond acceptors (Lipinski definition) is 7. The van der Waals surface area contributed by atoms with Gasteiger partial charge in [0.15, 0.2) is 5.75 Å². The van der Waals surface area contributed by atoms with Crippen LogP contribution >= 0.6 is 0 Å². The van der Waals surface area contributed by atoms with Crippen molar-refractivity contribution in [2.24, 2.45) is 10.8 Å². The molecule has 1 fully saturated rings. The van der Waals surface area contributed by atoms with Crippen LogP contribution in [0.3, 0.4) is 0 Å². The minimum absolute atomic E-state index is 0.0645. The van der Waals surface area contributed by atoms with E-state index in [1.807, 2.05) is 48.5 Å². The maximum absolute atomic E-state index is 13.9. The summed E-state index contributed by atoms with van der Waals surface area (Å²) in [4.78, 5) is 30.2. The fourth-order valence-corrected chi connectivity index (χ4v) is 11.6. The molecule has 7 heteroatoms. The van der Waals surface area contributed by atoms with Crippen molar-refractivity contribution in [3.8, 4) is 34.5 Å². The van der Waals surface area contributed by atoms with Crippen molar-refractivity contribution >= 4 is 60.7 Å². The molecule has 0 aliphatic carbocycles. The molecule has 2 heterocycles. The third kappa shape index (κ3) is 8.21. The Morgan fingerprint density at radius 1 is 0.463 bits per heavy atom. The van der Waals surface area contributed by atoms with Crippen LogP contribution in [0.4, 0.5) is 5.69 Å². The lowest BCUT2D eigenvalue weighted by Crippen LogP contribution is -2.24. The summed E-state index contributed by atoms with van der Waals surface area (Å²) in [6.45, 7) is 24.7. The van der Waals surface area contributed by atoms with E-state index >= 15 is 0 Å². The summed E-state index contributed by atoms with van der Waals surface area (Å²) in [5.41, 5.74) is 4.19. The van der Waals surface area contributed by atoms with Crippen molar-refractivity contribution in [2.75, 3.05) is 18.0 Å². The molecule has 1 saturated heterocycles. The number of anilines is 1. The molecule has 0 radical (unpaired) electrons. The van der Waals surface area contributed by atoms with Crippen molar-refractivity contribution < 1.29 is 28.5 Å². The number of ether oxygens (including phenoxy) is 4. The Bertz CT molecular complexity index is 3090. The van der Waals surface area contributed by atoms with Crippen molar-refractivity contribution in [2.45, 2.75) is 106 Å². The van der Waals surface area contributed by atoms with Crippen molar-refractivity contribution in [1.29, 1.82) is 0 Å². The molecule has 0 bridgehead atoms. The van der Waals surface area contributed by atoms with E-state index in [-0.39, 0.29) is 32.8 Å². The predicted molar refractivity (Wildman–Crippen MR) is 273 cm³/mol. The van der Waals surface area contributed by atoms with Crippen molar-refractivity contribution in [3.05, 3.63) is 138 Å². The summed E-state index contributed by atoms with van der Waals surface area (Å²) < 4.78 is 26.3. The highest BCUT2D eigenvalue weighted by Gasteiger charge is 2.35. The van der Waals surface area contributed by atoms with Gasteiger partial charge in [0.1, 0.15) is 28.7 Å². The lowest BCUT2D eigenvalue weighted by atomic mass is 9.72. The van der Waals surface area contributed by atoms with Gasteiger partial charge in [0.2, 0.25) is 0 Å². The number of rotatable bonds is 11. The lowest BCUT2D eigenvalue weighted by molar-refractivity contribution is 0.0390. The van der Waals surface area contributed by atoms with Crippen LogP contribution in [0.25, 0.3) is 43.1 Å². The predicted octanol–water partition coefficient (Wildman–Crippen LogP) is 16.5. The first kappa shape index (κ1) is 44.2. The van der Waals surface area contributed by atoms with E-state index in [9.17, 15) is 9.59 Å². The number of carbonyl (C=O) groups excluding carboxylic acids is 2. The zero-order valence-corrected chi connectivity index (χ0v) is 40.6. The monoisotopic (exact) mass is 891 g/mol. The van der Waals surface area contributed by atoms with Crippen LogP contribution in [0.2, 0.25) is 0 Å². The summed E-state index contributed by atoms with van der Waals surface area (Å²) in [7, 11) is 0. The molecular formula is C60H61NO6. The van der Waals surface area contributed by atoms with Gasteiger partial charge in [-0.1, -0.05) is 124 Å². The number of benzene rings is 8. The maximum atomic E-state index is 13.9. The highest BCUT2D eigenvalue weighted by atomic mass is 16.6. The number of fused-ring (bicyclic) bond motifs is 2. The minimum Gasteiger partial charge on any atom is -0.457 e. The van der Waals surface area contributed by atoms with Gasteiger partial charge in [-0.25, -0.2) is 9.59 Å². The fraction of sp³-hybridized carbons (Fsp3) is 0.333. The Kier molecular flexibility index (Phi) is 10.6. The summed E-state index contributed by atoms with van der Waals surface area (Å²) >= 11 is 0. The second-order valence-electron chi connectivity index (χ2n) is 22.6. The number of cyclic esters (lactones) is 2. The number of carbonyl (C=O) groups is 2. The summed E-state index contributed by atoms with van der Waals surface area (Å²) in [5.74, 6) is 2.26. The van der Waals surface area contributed by atoms with E-state index in [1.165, 1.54) is 11.1 Å². The lowest BCUT2D eigenvalue weighted by Gasteiger charge is -2.33. The molecular weight excluding hydrogens is 831 g/mol. The van der Waals surface area contributed by atoms with Gasteiger partial charge in [-0.2, -0.15) is 0 Å². The quantitative estimate of drug-likeness (QED) is 0.0554. The Balaban J connectivity index is 1.20. The molecule has 0 saturated carbocycles. The normalized spacial score (nSPS) is 14.7. The average molecular weight is 892 g/mol. The van der Waals surface area contributed by atoms with E-state index in [4.69, 9.17) is 18.9 Å². The number of nitrogens with zero attached hydrogens (tertiary/aromatic N) is 1. The molecule has 8 aromatic carbocycles. The van der Waals surface area contributed by atoms with Crippen LogP contribution in [0, 0.1) is 10.8 Å². The van der Waals surface area contributed by atoms with Gasteiger partial charge in [0.25, 0.3) is 0 Å². The van der Waals surface area contributed by atoms with Gasteiger partial charge in [0, 0.05) is 45.4 Å². The Morgan fingerprint density at radius 3 is 1.48 bits per heavy atom. The van der Waals surface area contributed by atoms with Gasteiger partial charge in [0.05, 0.1) is 16.8 Å². The van der Waals surface area contributed by atoms with Crippen LogP contribution in [0.15, 0.2) is 115 Å². The van der Waals surface area contributed by atoms with E-state index in [0.29, 0.717) is 39.5 Å². The molecule has 8 aromatic rings. The molecule has 0 aromatic heterocycles. The number of hydrogen-bond donors (Lipinski definition) is 0. The van der Waals surface area contributed by atoms with Gasteiger partial charge < -0.3 is 23.8 Å². The SMILES string of the molecule is CC(C)(C)CC(C)(C)c1ccc(Oc2cc3c4c(cc(Oc5ccc(C(C)(C)CC(C)(C)C)cc5)c5c6ccc(Oc7ccccc7N7CCCC7)c7cccc(c2c45)c76)C(=O)OC3=O)cc1. The molecule has 0 spiro atoms. The van der Waals surface area contributed by atoms with Crippen LogP contribution in [-0.4, -0.2) is 25.0 Å². The molecule has 67 heavy (non-hydrogen) atoms. The van der Waals surface area contributed by atoms with Gasteiger partial charge in [-0.05, 0) is 130 Å². The summed E-state index contributed by atoms with van der Waals surface area (Å²) in [6.07, 6.45) is 4.32. The Hall–Kier alpha value is -6.60. The standard InChI is InChI=1S/C60H61NO6/c1-57(2,3)34-59(7,8)36-20-24-38(25-21-36)64-48-32-43-51-44(56(63)67-55(43)62)33-49(65-39-26-22-37(23-27-39)60(9,10)35-58(4,5)6)53-42-28-29-46(40-16-15-17-41(50(40)42)52(48)54(51)53)66-47-19-12-11-18-45(47)61-30-13-14-31-61/h11-12,15-29,32-33H,13-14,30-31,34-35H2,1-10H3. The van der Waals surface area contributed by atoms with Gasteiger partial charge >= 0.3 is 11.9 Å². The van der Waals surface area contributed by atoms with E-state index < -0.39 is 11.9 Å². The van der Waals surface area contributed by atoms with E-state index in [2.05, 4.69) is 129 Å². The van der Waals surface area contributed by atoms with E-state index in [1.54, 1.807) is 12.1 Å². The highest BCUT2D eigenvalue weighted by Crippen LogP contribution is 2.53. The number of para-hydroxylation sites is 2. The first-order valence-electron chi connectivity index (χ1n) is 23.8. The van der Waals surface area contributed by atoms with E-state index in [0.717, 1.165) is 82.5 Å². The average Bonchev–Trinajstić information content (AvgIpc) is 3.80. The molecule has 2 aliphatic heterocycles. The Labute approximate surface area is 394 Å². The molecule has 10 rings (SSSR count). The third-order valence-corrected chi connectivity index (χ3v) is 13.7. The second-order valence-corrected chi connectivity index (χ2v) is 22.6. The first-order chi connectivity index (χ1) is 31.7. The summed E-state index contributed by atoms with van der Waals surface area (Å²) in [5, 5.41) is 6.38. The van der Waals surface area contributed by atoms with Crippen molar-refractivity contribution in [1.82, 2.24) is 0 Å². The van der Waals surface area contributed by atoms with Crippen molar-refractivity contribution in [3.63, 3.8) is 0 Å². The molecule has 7 nitrogen and oxygen atoms in total. The molecule has 0 unspecified atom stereocenters. The zero-order chi connectivity index (χ0) is 47.2. The molecule has 0 amide bonds. The van der Waals surface area contributed by atoms with Gasteiger partial charge in [-0.3, -0.25) is 0 Å². The van der Waals surface area contributed by atoms with Crippen LogP contribution < -0.4 is 19.1 Å². The largest absolute Gasteiger partial charge is 0.457 e. The summed E-state index contributed by atoms with van der Waals surface area (Å²) in [6, 6.07) is 38.6. The number of esters is 2. The second kappa shape index (κ2) is 16.0. The van der Waals surface area contributed by atoms with Crippen LogP contribution in [0.1, 0.15) is 127 Å².